The molecule has 1 fully saturated rings. The van der Waals surface area contributed by atoms with E-state index in [1.807, 2.05) is 19.9 Å². The quantitative estimate of drug-likeness (QED) is 0.247. The molecule has 0 aromatic heterocycles. The molecule has 230 valence electrons. The second-order valence-electron chi connectivity index (χ2n) is 10.8. The summed E-state index contributed by atoms with van der Waals surface area (Å²) in [7, 11) is -4.21. The number of carbonyl (C=O) groups is 2. The average molecular weight is 626 g/mol. The van der Waals surface area contributed by atoms with Crippen LogP contribution in [0.3, 0.4) is 0 Å². The number of hydrogen-bond acceptors (Lipinski definition) is 5. The largest absolute Gasteiger partial charge is 0.492 e. The van der Waals surface area contributed by atoms with Crippen LogP contribution in [0, 0.1) is 6.92 Å². The highest BCUT2D eigenvalue weighted by Gasteiger charge is 2.35. The van der Waals surface area contributed by atoms with E-state index in [9.17, 15) is 18.0 Å². The molecule has 0 spiro atoms. The van der Waals surface area contributed by atoms with E-state index in [1.54, 1.807) is 61.5 Å². The number of para-hydroxylation sites is 2. The first-order valence-electron chi connectivity index (χ1n) is 14.8. The molecular weight excluding hydrogens is 586 g/mol. The van der Waals surface area contributed by atoms with Gasteiger partial charge in [0.2, 0.25) is 11.8 Å². The molecule has 1 aliphatic rings. The molecule has 1 aliphatic carbocycles. The molecule has 0 bridgehead atoms. The summed E-state index contributed by atoms with van der Waals surface area (Å²) in [6, 6.07) is 19.6. The summed E-state index contributed by atoms with van der Waals surface area (Å²) in [6.07, 6.45) is 4.24. The second-order valence-corrected chi connectivity index (χ2v) is 13.0. The van der Waals surface area contributed by atoms with Gasteiger partial charge in [0, 0.05) is 17.6 Å². The van der Waals surface area contributed by atoms with Gasteiger partial charge in [-0.25, -0.2) is 8.42 Å². The van der Waals surface area contributed by atoms with Crippen LogP contribution in [0.1, 0.15) is 57.1 Å². The lowest BCUT2D eigenvalue weighted by Crippen LogP contribution is -2.53. The number of hydrogen-bond donors (Lipinski definition) is 1. The summed E-state index contributed by atoms with van der Waals surface area (Å²) in [4.78, 5) is 29.4. The maximum absolute atomic E-state index is 14.3. The number of ether oxygens (including phenoxy) is 1. The Kier molecular flexibility index (Phi) is 11.1. The molecule has 10 heteroatoms. The van der Waals surface area contributed by atoms with Crippen LogP contribution in [0.2, 0.25) is 5.02 Å². The molecular formula is C33H40ClN3O5S. The average Bonchev–Trinajstić information content (AvgIpc) is 3.50. The third-order valence-electron chi connectivity index (χ3n) is 7.71. The zero-order chi connectivity index (χ0) is 31.0. The minimum Gasteiger partial charge on any atom is -0.492 e. The molecule has 1 atom stereocenters. The molecule has 1 N–H and O–H groups in total. The predicted octanol–water partition coefficient (Wildman–Crippen LogP) is 6.11. The number of aryl methyl sites for hydroxylation is 1. The van der Waals surface area contributed by atoms with Crippen molar-refractivity contribution in [1.82, 2.24) is 10.2 Å². The number of sulfonamides is 1. The van der Waals surface area contributed by atoms with E-state index in [1.165, 1.54) is 17.0 Å². The van der Waals surface area contributed by atoms with Crippen molar-refractivity contribution < 1.29 is 22.7 Å². The van der Waals surface area contributed by atoms with Gasteiger partial charge in [0.1, 0.15) is 18.3 Å². The number of anilines is 1. The van der Waals surface area contributed by atoms with E-state index in [0.29, 0.717) is 29.4 Å². The van der Waals surface area contributed by atoms with Gasteiger partial charge in [-0.2, -0.15) is 0 Å². The maximum atomic E-state index is 14.3. The molecule has 0 unspecified atom stereocenters. The maximum Gasteiger partial charge on any atom is 0.264 e. The van der Waals surface area contributed by atoms with Crippen molar-refractivity contribution in [1.29, 1.82) is 0 Å². The highest BCUT2D eigenvalue weighted by atomic mass is 35.5. The summed E-state index contributed by atoms with van der Waals surface area (Å²) in [6.45, 7) is 5.33. The van der Waals surface area contributed by atoms with E-state index in [2.05, 4.69) is 5.32 Å². The molecule has 0 saturated heterocycles. The van der Waals surface area contributed by atoms with Gasteiger partial charge >= 0.3 is 0 Å². The molecule has 4 rings (SSSR count). The SMILES string of the molecule is CCOc1ccccc1N(CC(=O)N(Cc1ccccc1Cl)[C@@H](CC)C(=O)NC1CCCC1)S(=O)(=O)c1ccc(C)cc1. The highest BCUT2D eigenvalue weighted by molar-refractivity contribution is 7.92. The van der Waals surface area contributed by atoms with Crippen molar-refractivity contribution in [3.63, 3.8) is 0 Å². The van der Waals surface area contributed by atoms with Crippen molar-refractivity contribution >= 4 is 39.1 Å². The second kappa shape index (κ2) is 14.8. The molecule has 1 saturated carbocycles. The fourth-order valence-electron chi connectivity index (χ4n) is 5.39. The van der Waals surface area contributed by atoms with Gasteiger partial charge in [-0.3, -0.25) is 13.9 Å². The molecule has 0 heterocycles. The number of halogens is 1. The Morgan fingerprint density at radius 3 is 2.28 bits per heavy atom. The van der Waals surface area contributed by atoms with Crippen LogP contribution in [0.4, 0.5) is 5.69 Å². The van der Waals surface area contributed by atoms with Crippen LogP contribution in [-0.4, -0.2) is 50.4 Å². The number of nitrogens with zero attached hydrogens (tertiary/aromatic N) is 2. The lowest BCUT2D eigenvalue weighted by Gasteiger charge is -2.34. The van der Waals surface area contributed by atoms with Gasteiger partial charge in [-0.1, -0.05) is 79.4 Å². The summed E-state index contributed by atoms with van der Waals surface area (Å²) in [5, 5.41) is 3.58. The Bertz CT molecular complexity index is 1510. The summed E-state index contributed by atoms with van der Waals surface area (Å²) in [5.41, 5.74) is 1.80. The molecule has 0 radical (unpaired) electrons. The van der Waals surface area contributed by atoms with Crippen molar-refractivity contribution in [2.45, 2.75) is 76.4 Å². The Hall–Kier alpha value is -3.56. The molecule has 0 aliphatic heterocycles. The third kappa shape index (κ3) is 7.89. The van der Waals surface area contributed by atoms with Gasteiger partial charge in [0.15, 0.2) is 0 Å². The van der Waals surface area contributed by atoms with E-state index in [-0.39, 0.29) is 29.1 Å². The first-order chi connectivity index (χ1) is 20.6. The Morgan fingerprint density at radius 2 is 1.63 bits per heavy atom. The number of nitrogens with one attached hydrogen (secondary N) is 1. The van der Waals surface area contributed by atoms with Crippen LogP contribution in [-0.2, 0) is 26.2 Å². The van der Waals surface area contributed by atoms with Crippen molar-refractivity contribution in [2.75, 3.05) is 17.5 Å². The normalized spacial score (nSPS) is 14.2. The summed E-state index contributed by atoms with van der Waals surface area (Å²) in [5.74, 6) is -0.454. The smallest absolute Gasteiger partial charge is 0.264 e. The predicted molar refractivity (Wildman–Crippen MR) is 170 cm³/mol. The van der Waals surface area contributed by atoms with Gasteiger partial charge in [-0.15, -0.1) is 0 Å². The topological polar surface area (TPSA) is 96.0 Å². The fraction of sp³-hybridized carbons (Fsp3) is 0.394. The van der Waals surface area contributed by atoms with Gasteiger partial charge < -0.3 is 15.0 Å². The summed E-state index contributed by atoms with van der Waals surface area (Å²) >= 11 is 6.50. The van der Waals surface area contributed by atoms with Crippen LogP contribution in [0.5, 0.6) is 5.75 Å². The van der Waals surface area contributed by atoms with Crippen molar-refractivity contribution in [2.24, 2.45) is 0 Å². The number of amides is 2. The Labute approximate surface area is 260 Å². The fourth-order valence-corrected chi connectivity index (χ4v) is 7.01. The lowest BCUT2D eigenvalue weighted by atomic mass is 10.1. The van der Waals surface area contributed by atoms with Crippen LogP contribution >= 0.6 is 11.6 Å². The van der Waals surface area contributed by atoms with Gasteiger partial charge in [0.05, 0.1) is 17.2 Å². The minimum atomic E-state index is -4.21. The van der Waals surface area contributed by atoms with Gasteiger partial charge in [-0.05, 0) is 69.0 Å². The highest BCUT2D eigenvalue weighted by Crippen LogP contribution is 2.33. The van der Waals surface area contributed by atoms with E-state index >= 15 is 0 Å². The molecule has 3 aromatic carbocycles. The lowest BCUT2D eigenvalue weighted by molar-refractivity contribution is -0.140. The molecule has 2 amide bonds. The number of benzene rings is 3. The minimum absolute atomic E-state index is 0.0423. The van der Waals surface area contributed by atoms with E-state index < -0.39 is 28.5 Å². The Balaban J connectivity index is 1.76. The first-order valence-corrected chi connectivity index (χ1v) is 16.6. The van der Waals surface area contributed by atoms with Crippen molar-refractivity contribution in [3.05, 3.63) is 88.9 Å². The van der Waals surface area contributed by atoms with Gasteiger partial charge in [0.25, 0.3) is 10.0 Å². The molecule has 8 nitrogen and oxygen atoms in total. The number of rotatable bonds is 13. The van der Waals surface area contributed by atoms with E-state index in [4.69, 9.17) is 16.3 Å². The zero-order valence-corrected chi connectivity index (χ0v) is 26.5. The molecule has 3 aromatic rings. The zero-order valence-electron chi connectivity index (χ0n) is 25.0. The monoisotopic (exact) mass is 625 g/mol. The van der Waals surface area contributed by atoms with Crippen LogP contribution in [0.15, 0.2) is 77.7 Å². The third-order valence-corrected chi connectivity index (χ3v) is 9.85. The Morgan fingerprint density at radius 1 is 0.977 bits per heavy atom. The first kappa shape index (κ1) is 32.4. The summed E-state index contributed by atoms with van der Waals surface area (Å²) < 4.78 is 35.2. The van der Waals surface area contributed by atoms with Crippen molar-refractivity contribution in [3.8, 4) is 5.75 Å². The van der Waals surface area contributed by atoms with E-state index in [0.717, 1.165) is 35.6 Å². The van der Waals surface area contributed by atoms with Crippen LogP contribution in [0.25, 0.3) is 0 Å². The molecule has 43 heavy (non-hydrogen) atoms. The standard InChI is InChI=1S/C33H40ClN3O5S/c1-4-29(33(39)35-26-13-7-8-14-26)36(22-25-12-6-9-15-28(25)34)32(38)23-37(30-16-10-11-17-31(30)42-5-2)43(40,41)27-20-18-24(3)19-21-27/h6,9-12,15-21,26,29H,4-5,7-8,13-14,22-23H2,1-3H3,(H,35,39)/t29-/m0/s1. The number of carbonyl (C=O) groups excluding carboxylic acids is 2. The van der Waals surface area contributed by atoms with Crippen LogP contribution < -0.4 is 14.4 Å².